The van der Waals surface area contributed by atoms with Crippen molar-refractivity contribution in [2.45, 2.75) is 69.4 Å². The van der Waals surface area contributed by atoms with Crippen LogP contribution in [0.15, 0.2) is 127 Å². The minimum absolute atomic E-state index is 0.0584. The van der Waals surface area contributed by atoms with Crippen LogP contribution < -0.4 is 24.8 Å². The van der Waals surface area contributed by atoms with Crippen molar-refractivity contribution in [2.75, 3.05) is 21.3 Å². The van der Waals surface area contributed by atoms with Crippen LogP contribution in [0.25, 0.3) is 0 Å². The predicted molar refractivity (Wildman–Crippen MR) is 220 cm³/mol. The number of hydrogen-bond acceptors (Lipinski definition) is 6. The van der Waals surface area contributed by atoms with E-state index in [1.807, 2.05) is 42.5 Å². The summed E-state index contributed by atoms with van der Waals surface area (Å²) in [6.45, 7) is 0. The zero-order chi connectivity index (χ0) is 39.3. The Hall–Kier alpha value is -5.89. The topological polar surface area (TPSA) is 103 Å². The first-order valence-corrected chi connectivity index (χ1v) is 19.5. The maximum absolute atomic E-state index is 14.8. The van der Waals surface area contributed by atoms with Crippen molar-refractivity contribution in [2.24, 2.45) is 5.92 Å². The van der Waals surface area contributed by atoms with E-state index in [2.05, 4.69) is 83.4 Å². The average Bonchev–Trinajstić information content (AvgIpc) is 3.24. The van der Waals surface area contributed by atoms with Crippen LogP contribution in [0.1, 0.15) is 69.8 Å². The minimum atomic E-state index is -0.804. The highest BCUT2D eigenvalue weighted by molar-refractivity contribution is 6.43. The van der Waals surface area contributed by atoms with Crippen LogP contribution in [-0.2, 0) is 35.3 Å². The number of methoxy groups -OCH3 is 3. The SMILES string of the molecule is COc1cc(C(=O)C(=O)NC2[C@H](C(=O)NC(CCCc3ccccc3)CCCc3ccccc3)Cc3ccccc3[C@@H]2Cc2ccccc2)cc(OC)c1OC. The van der Waals surface area contributed by atoms with Gasteiger partial charge < -0.3 is 24.8 Å². The third kappa shape index (κ3) is 10.0. The number of carbonyl (C=O) groups is 3. The van der Waals surface area contributed by atoms with Gasteiger partial charge in [-0.3, -0.25) is 14.4 Å². The molecular weight excluding hydrogens is 701 g/mol. The molecule has 0 aliphatic heterocycles. The van der Waals surface area contributed by atoms with E-state index in [-0.39, 0.29) is 34.9 Å². The zero-order valence-corrected chi connectivity index (χ0v) is 32.5. The van der Waals surface area contributed by atoms with Crippen molar-refractivity contribution in [1.29, 1.82) is 0 Å². The molecule has 0 saturated heterocycles. The lowest BCUT2D eigenvalue weighted by Crippen LogP contribution is -2.55. The van der Waals surface area contributed by atoms with Gasteiger partial charge in [0, 0.05) is 23.6 Å². The maximum Gasteiger partial charge on any atom is 0.292 e. The van der Waals surface area contributed by atoms with Crippen LogP contribution in [0, 0.1) is 5.92 Å². The fraction of sp³-hybridized carbons (Fsp3) is 0.312. The number of aryl methyl sites for hydroxylation is 2. The highest BCUT2D eigenvalue weighted by atomic mass is 16.5. The summed E-state index contributed by atoms with van der Waals surface area (Å²) in [6.07, 6.45) is 6.33. The van der Waals surface area contributed by atoms with E-state index >= 15 is 0 Å². The van der Waals surface area contributed by atoms with Crippen molar-refractivity contribution in [3.8, 4) is 17.2 Å². The molecule has 5 aromatic carbocycles. The van der Waals surface area contributed by atoms with Gasteiger partial charge in [-0.2, -0.15) is 0 Å². The number of nitrogens with one attached hydrogen (secondary N) is 2. The summed E-state index contributed by atoms with van der Waals surface area (Å²) in [6, 6.07) is 41.3. The number of benzene rings is 5. The summed E-state index contributed by atoms with van der Waals surface area (Å²) in [4.78, 5) is 42.8. The summed E-state index contributed by atoms with van der Waals surface area (Å²) in [5.41, 5.74) is 5.84. The molecule has 6 rings (SSSR count). The van der Waals surface area contributed by atoms with Gasteiger partial charge in [-0.25, -0.2) is 0 Å². The lowest BCUT2D eigenvalue weighted by Gasteiger charge is -2.40. The second-order valence-corrected chi connectivity index (χ2v) is 14.5. The third-order valence-electron chi connectivity index (χ3n) is 10.9. The van der Waals surface area contributed by atoms with Crippen LogP contribution >= 0.6 is 0 Å². The molecule has 8 heteroatoms. The van der Waals surface area contributed by atoms with Gasteiger partial charge >= 0.3 is 0 Å². The van der Waals surface area contributed by atoms with Crippen molar-refractivity contribution in [1.82, 2.24) is 10.6 Å². The fourth-order valence-corrected chi connectivity index (χ4v) is 8.03. The molecule has 8 nitrogen and oxygen atoms in total. The van der Waals surface area contributed by atoms with Gasteiger partial charge in [0.05, 0.1) is 27.2 Å². The second-order valence-electron chi connectivity index (χ2n) is 14.5. The molecule has 0 bridgehead atoms. The number of ether oxygens (including phenoxy) is 3. The number of rotatable bonds is 18. The third-order valence-corrected chi connectivity index (χ3v) is 10.9. The van der Waals surface area contributed by atoms with E-state index in [4.69, 9.17) is 14.2 Å². The number of carbonyl (C=O) groups excluding carboxylic acids is 3. The van der Waals surface area contributed by atoms with Crippen molar-refractivity contribution < 1.29 is 28.6 Å². The molecule has 56 heavy (non-hydrogen) atoms. The number of amides is 2. The predicted octanol–water partition coefficient (Wildman–Crippen LogP) is 8.11. The summed E-state index contributed by atoms with van der Waals surface area (Å²) in [5.74, 6) is -1.74. The molecule has 0 spiro atoms. The Bertz CT molecular complexity index is 1980. The van der Waals surface area contributed by atoms with E-state index in [1.165, 1.54) is 44.6 Å². The first-order chi connectivity index (χ1) is 27.4. The van der Waals surface area contributed by atoms with Gasteiger partial charge in [0.15, 0.2) is 11.5 Å². The molecule has 2 N–H and O–H groups in total. The number of hydrogen-bond donors (Lipinski definition) is 2. The Balaban J connectivity index is 1.29. The van der Waals surface area contributed by atoms with E-state index in [1.54, 1.807) is 0 Å². The van der Waals surface area contributed by atoms with Crippen LogP contribution in [0.5, 0.6) is 17.2 Å². The number of Topliss-reactive ketones (excluding diaryl/α,β-unsaturated/α-hetero) is 1. The lowest BCUT2D eigenvalue weighted by atomic mass is 9.70. The molecule has 2 amide bonds. The Labute approximate surface area is 330 Å². The number of fused-ring (bicyclic) bond motifs is 1. The smallest absolute Gasteiger partial charge is 0.292 e. The lowest BCUT2D eigenvalue weighted by molar-refractivity contribution is -0.128. The van der Waals surface area contributed by atoms with Gasteiger partial charge in [-0.05, 0) is 91.3 Å². The van der Waals surface area contributed by atoms with Gasteiger partial charge in [0.1, 0.15) is 0 Å². The molecule has 1 aliphatic rings. The van der Waals surface area contributed by atoms with Gasteiger partial charge in [-0.15, -0.1) is 0 Å². The quantitative estimate of drug-likeness (QED) is 0.0693. The Kier molecular flexibility index (Phi) is 13.9. The van der Waals surface area contributed by atoms with E-state index in [0.29, 0.717) is 18.6 Å². The van der Waals surface area contributed by atoms with Gasteiger partial charge in [0.25, 0.3) is 5.91 Å². The van der Waals surface area contributed by atoms with Crippen LogP contribution in [-0.4, -0.2) is 51.0 Å². The molecule has 0 fully saturated rings. The Morgan fingerprint density at radius 2 is 1.18 bits per heavy atom. The summed E-state index contributed by atoms with van der Waals surface area (Å²) < 4.78 is 16.4. The van der Waals surface area contributed by atoms with Crippen molar-refractivity contribution in [3.05, 3.63) is 161 Å². The Morgan fingerprint density at radius 3 is 1.71 bits per heavy atom. The van der Waals surface area contributed by atoms with E-state index in [9.17, 15) is 14.4 Å². The standard InChI is InChI=1S/C48H52N2O6/c1-54-42-31-37(32-43(55-2)46(42)56-3)45(51)48(53)50-44-40(29-35-21-11-6-12-22-35)39-28-14-13-25-36(39)30-41(44)47(52)49-38(26-15-23-33-17-7-4-8-18-33)27-16-24-34-19-9-5-10-20-34/h4-14,17-22,25,28,31-32,38,40-41,44H,15-16,23-24,26-27,29-30H2,1-3H3,(H,49,52)(H,50,53)/t40-,41+,44?/m0/s1. The summed E-state index contributed by atoms with van der Waals surface area (Å²) in [7, 11) is 4.39. The molecule has 290 valence electrons. The molecule has 1 aliphatic carbocycles. The second kappa shape index (κ2) is 19.6. The zero-order valence-electron chi connectivity index (χ0n) is 32.5. The summed E-state index contributed by atoms with van der Waals surface area (Å²) >= 11 is 0. The van der Waals surface area contributed by atoms with E-state index < -0.39 is 23.7 Å². The molecule has 3 atom stereocenters. The highest BCUT2D eigenvalue weighted by Gasteiger charge is 2.42. The molecule has 1 unspecified atom stereocenters. The first-order valence-electron chi connectivity index (χ1n) is 19.5. The normalized spacial score (nSPS) is 16.0. The molecule has 0 radical (unpaired) electrons. The highest BCUT2D eigenvalue weighted by Crippen LogP contribution is 2.40. The first kappa shape index (κ1) is 39.8. The minimum Gasteiger partial charge on any atom is -0.493 e. The largest absolute Gasteiger partial charge is 0.493 e. The molecular formula is C48H52N2O6. The molecule has 0 saturated carbocycles. The van der Waals surface area contributed by atoms with Crippen LogP contribution in [0.4, 0.5) is 0 Å². The van der Waals surface area contributed by atoms with Crippen LogP contribution in [0.3, 0.4) is 0 Å². The Morgan fingerprint density at radius 1 is 0.661 bits per heavy atom. The molecule has 0 aromatic heterocycles. The number of ketones is 1. The monoisotopic (exact) mass is 752 g/mol. The average molecular weight is 753 g/mol. The van der Waals surface area contributed by atoms with E-state index in [0.717, 1.165) is 55.2 Å². The van der Waals surface area contributed by atoms with Gasteiger partial charge in [-0.1, -0.05) is 115 Å². The van der Waals surface area contributed by atoms with Crippen molar-refractivity contribution >= 4 is 17.6 Å². The molecule has 0 heterocycles. The fourth-order valence-electron chi connectivity index (χ4n) is 8.03. The summed E-state index contributed by atoms with van der Waals surface area (Å²) in [5, 5.41) is 6.56. The van der Waals surface area contributed by atoms with Gasteiger partial charge in [0.2, 0.25) is 17.4 Å². The van der Waals surface area contributed by atoms with Crippen LogP contribution in [0.2, 0.25) is 0 Å². The van der Waals surface area contributed by atoms with Crippen molar-refractivity contribution in [3.63, 3.8) is 0 Å². The molecule has 5 aromatic rings. The maximum atomic E-state index is 14.8.